The van der Waals surface area contributed by atoms with Crippen LogP contribution >= 0.6 is 11.6 Å². The molecular formula is C33H46ClN3O8. The molecule has 1 aliphatic rings. The Morgan fingerprint density at radius 2 is 1.91 bits per heavy atom. The molecule has 1 aliphatic heterocycles. The highest BCUT2D eigenvalue weighted by Gasteiger charge is 2.29. The van der Waals surface area contributed by atoms with Crippen LogP contribution in [0.25, 0.3) is 0 Å². The maximum atomic E-state index is 13.6. The van der Waals surface area contributed by atoms with Crippen molar-refractivity contribution in [2.45, 2.75) is 64.4 Å². The van der Waals surface area contributed by atoms with Crippen molar-refractivity contribution in [1.82, 2.24) is 15.5 Å². The third-order valence-electron chi connectivity index (χ3n) is 7.34. The Kier molecular flexibility index (Phi) is 13.9. The Labute approximate surface area is 270 Å². The Morgan fingerprint density at radius 3 is 2.56 bits per heavy atom. The number of aliphatic hydroxyl groups excluding tert-OH is 1. The maximum absolute atomic E-state index is 13.6. The van der Waals surface area contributed by atoms with Gasteiger partial charge in [-0.3, -0.25) is 4.79 Å². The largest absolute Gasteiger partial charge is 0.453 e. The van der Waals surface area contributed by atoms with E-state index in [2.05, 4.69) is 15.4 Å². The number of amides is 3. The highest BCUT2D eigenvalue weighted by atomic mass is 35.5. The number of nitrogens with one attached hydrogen (secondary N) is 2. The molecule has 11 nitrogen and oxygen atoms in total. The van der Waals surface area contributed by atoms with Crippen molar-refractivity contribution in [1.29, 1.82) is 0 Å². The van der Waals surface area contributed by atoms with E-state index in [0.29, 0.717) is 34.7 Å². The zero-order valence-electron chi connectivity index (χ0n) is 26.8. The molecule has 3 N–H and O–H groups in total. The van der Waals surface area contributed by atoms with Crippen LogP contribution in [0.5, 0.6) is 0 Å². The molecule has 0 radical (unpaired) electrons. The molecule has 0 saturated carbocycles. The molecule has 3 rings (SSSR count). The smallest absolute Gasteiger partial charge is 0.410 e. The first kappa shape index (κ1) is 36.1. The monoisotopic (exact) mass is 647 g/mol. The lowest BCUT2D eigenvalue weighted by Crippen LogP contribution is -2.48. The number of likely N-dealkylation sites (N-methyl/N-ethyl adjacent to an activating group) is 1. The first-order valence-corrected chi connectivity index (χ1v) is 15.5. The zero-order chi connectivity index (χ0) is 33.0. The lowest BCUT2D eigenvalue weighted by Gasteiger charge is -2.34. The Morgan fingerprint density at radius 1 is 1.13 bits per heavy atom. The van der Waals surface area contributed by atoms with E-state index < -0.39 is 23.9 Å². The molecule has 3 unspecified atom stereocenters. The van der Waals surface area contributed by atoms with E-state index in [1.54, 1.807) is 48.3 Å². The summed E-state index contributed by atoms with van der Waals surface area (Å²) in [7, 11) is 2.96. The highest BCUT2D eigenvalue weighted by molar-refractivity contribution is 6.30. The molecule has 2 aromatic rings. The summed E-state index contributed by atoms with van der Waals surface area (Å²) in [6.07, 6.45) is 0.873. The van der Waals surface area contributed by atoms with Gasteiger partial charge in [-0.1, -0.05) is 29.8 Å². The molecule has 1 fully saturated rings. The number of hydrogen-bond acceptors (Lipinski definition) is 8. The molecule has 1 heterocycles. The fourth-order valence-corrected chi connectivity index (χ4v) is 5.30. The third kappa shape index (κ3) is 11.8. The third-order valence-corrected chi connectivity index (χ3v) is 7.58. The maximum Gasteiger partial charge on any atom is 0.410 e. The molecular weight excluding hydrogens is 602 g/mol. The van der Waals surface area contributed by atoms with Crippen LogP contribution in [0, 0.1) is 5.92 Å². The molecule has 0 aromatic heterocycles. The summed E-state index contributed by atoms with van der Waals surface area (Å²) in [6, 6.07) is 11.9. The van der Waals surface area contributed by atoms with Gasteiger partial charge in [-0.2, -0.15) is 0 Å². The topological polar surface area (TPSA) is 136 Å². The number of aliphatic hydroxyl groups is 1. The van der Waals surface area contributed by atoms with Crippen molar-refractivity contribution in [3.05, 3.63) is 69.7 Å². The number of rotatable bonds is 13. The fourth-order valence-electron chi connectivity index (χ4n) is 5.10. The summed E-state index contributed by atoms with van der Waals surface area (Å²) in [4.78, 5) is 39.6. The normalized spacial score (nSPS) is 16.3. The van der Waals surface area contributed by atoms with Gasteiger partial charge in [-0.25, -0.2) is 9.59 Å². The van der Waals surface area contributed by atoms with E-state index >= 15 is 0 Å². The lowest BCUT2D eigenvalue weighted by molar-refractivity contribution is 0.0112. The van der Waals surface area contributed by atoms with Crippen LogP contribution < -0.4 is 10.6 Å². The van der Waals surface area contributed by atoms with Crippen molar-refractivity contribution in [3.8, 4) is 0 Å². The van der Waals surface area contributed by atoms with E-state index in [1.807, 2.05) is 26.8 Å². The van der Waals surface area contributed by atoms with Crippen molar-refractivity contribution >= 4 is 29.7 Å². The van der Waals surface area contributed by atoms with E-state index in [-0.39, 0.29) is 44.2 Å². The first-order valence-electron chi connectivity index (χ1n) is 15.2. The number of nitrogens with zero attached hydrogens (tertiary/aromatic N) is 1. The lowest BCUT2D eigenvalue weighted by atomic mass is 9.93. The molecule has 2 aromatic carbocycles. The second kappa shape index (κ2) is 17.4. The number of methoxy groups -OCH3 is 1. The number of benzene rings is 2. The van der Waals surface area contributed by atoms with E-state index in [4.69, 9.17) is 25.8 Å². The molecule has 3 amide bonds. The molecule has 0 bridgehead atoms. The highest BCUT2D eigenvalue weighted by Crippen LogP contribution is 2.30. The molecule has 0 aliphatic carbocycles. The van der Waals surface area contributed by atoms with Gasteiger partial charge in [0, 0.05) is 43.9 Å². The zero-order valence-corrected chi connectivity index (χ0v) is 27.5. The molecule has 45 heavy (non-hydrogen) atoms. The van der Waals surface area contributed by atoms with Gasteiger partial charge in [0.15, 0.2) is 0 Å². The van der Waals surface area contributed by atoms with E-state index in [1.165, 1.54) is 7.11 Å². The van der Waals surface area contributed by atoms with Crippen molar-refractivity contribution < 1.29 is 38.4 Å². The number of alkyl carbamates (subject to hydrolysis) is 1. The summed E-state index contributed by atoms with van der Waals surface area (Å²) in [6.45, 7) is 6.99. The van der Waals surface area contributed by atoms with Crippen molar-refractivity contribution in [2.24, 2.45) is 5.92 Å². The summed E-state index contributed by atoms with van der Waals surface area (Å²) >= 11 is 6.28. The van der Waals surface area contributed by atoms with Gasteiger partial charge in [0.1, 0.15) is 11.7 Å². The summed E-state index contributed by atoms with van der Waals surface area (Å²) in [5.74, 6) is -0.120. The molecule has 3 atom stereocenters. The van der Waals surface area contributed by atoms with Gasteiger partial charge in [0.05, 0.1) is 26.4 Å². The standard InChI is InChI=1S/C33H46ClN3O8/c1-33(2,3)45-32(41)37(4)28(16-22-8-7-12-43-21-22)19-36-30(39)26-15-23(20-38)14-25(17-26)29(24-9-6-10-27(34)18-24)44-13-11-35-31(40)42-5/h6,9-10,14-15,17-18,22,28-29,38H,7-8,11-13,16,19-21H2,1-5H3,(H,35,40)(H,36,39). The average molecular weight is 648 g/mol. The summed E-state index contributed by atoms with van der Waals surface area (Å²) in [5.41, 5.74) is 1.53. The fraction of sp³-hybridized carbons (Fsp3) is 0.545. The Bertz CT molecular complexity index is 1280. The van der Waals surface area contributed by atoms with Crippen LogP contribution in [-0.4, -0.2) is 86.8 Å². The summed E-state index contributed by atoms with van der Waals surface area (Å²) in [5, 5.41) is 16.1. The average Bonchev–Trinajstić information content (AvgIpc) is 3.01. The Hall–Kier alpha value is -3.38. The molecule has 12 heteroatoms. The number of halogens is 1. The van der Waals surface area contributed by atoms with Crippen molar-refractivity contribution in [2.75, 3.05) is 47.1 Å². The van der Waals surface area contributed by atoms with E-state index in [9.17, 15) is 19.5 Å². The van der Waals surface area contributed by atoms with Gasteiger partial charge in [-0.05, 0) is 86.9 Å². The second-order valence-electron chi connectivity index (χ2n) is 12.1. The molecule has 0 spiro atoms. The van der Waals surface area contributed by atoms with Crippen LogP contribution in [0.2, 0.25) is 5.02 Å². The second-order valence-corrected chi connectivity index (χ2v) is 12.6. The van der Waals surface area contributed by atoms with E-state index in [0.717, 1.165) is 25.0 Å². The SMILES string of the molecule is COC(=O)NCCOC(c1cccc(Cl)c1)c1cc(CO)cc(C(=O)NCC(CC2CCCOC2)N(C)C(=O)OC(C)(C)C)c1. The minimum atomic E-state index is -0.662. The van der Waals surface area contributed by atoms with Gasteiger partial charge in [0.25, 0.3) is 5.91 Å². The predicted molar refractivity (Wildman–Crippen MR) is 170 cm³/mol. The summed E-state index contributed by atoms with van der Waals surface area (Å²) < 4.78 is 22.1. The predicted octanol–water partition coefficient (Wildman–Crippen LogP) is 5.08. The number of carbonyl (C=O) groups is 3. The number of hydrogen-bond donors (Lipinski definition) is 3. The first-order chi connectivity index (χ1) is 21.4. The van der Waals surface area contributed by atoms with Crippen LogP contribution in [0.3, 0.4) is 0 Å². The van der Waals surface area contributed by atoms with Crippen LogP contribution in [0.1, 0.15) is 73.2 Å². The quantitative estimate of drug-likeness (QED) is 0.256. The number of carbonyl (C=O) groups excluding carboxylic acids is 3. The number of ether oxygens (including phenoxy) is 4. The van der Waals surface area contributed by atoms with Crippen LogP contribution in [0.4, 0.5) is 9.59 Å². The van der Waals surface area contributed by atoms with Crippen molar-refractivity contribution in [3.63, 3.8) is 0 Å². The van der Waals surface area contributed by atoms with Gasteiger partial charge < -0.3 is 39.6 Å². The van der Waals surface area contributed by atoms with Gasteiger partial charge in [0.2, 0.25) is 0 Å². The van der Waals surface area contributed by atoms with Crippen LogP contribution in [-0.2, 0) is 25.6 Å². The minimum Gasteiger partial charge on any atom is -0.453 e. The molecule has 248 valence electrons. The molecule has 1 saturated heterocycles. The van der Waals surface area contributed by atoms with Gasteiger partial charge in [-0.15, -0.1) is 0 Å². The minimum absolute atomic E-state index is 0.140. The van der Waals surface area contributed by atoms with Crippen LogP contribution in [0.15, 0.2) is 42.5 Å². The van der Waals surface area contributed by atoms with Gasteiger partial charge >= 0.3 is 12.2 Å². The Balaban J connectivity index is 1.83.